The van der Waals surface area contributed by atoms with E-state index in [1.165, 1.54) is 12.0 Å². The van der Waals surface area contributed by atoms with Crippen molar-refractivity contribution in [3.63, 3.8) is 0 Å². The van der Waals surface area contributed by atoms with Gasteiger partial charge in [0, 0.05) is 40.1 Å². The number of ketones is 1. The maximum atomic E-state index is 13.1. The van der Waals surface area contributed by atoms with Crippen LogP contribution in [0.2, 0.25) is 0 Å². The summed E-state index contributed by atoms with van der Waals surface area (Å²) in [6.45, 7) is 1.87. The lowest BCUT2D eigenvalue weighted by atomic mass is 9.70. The Hall–Kier alpha value is -2.05. The maximum absolute atomic E-state index is 13.1. The minimum atomic E-state index is -0.532. The molecule has 3 heterocycles. The molecule has 0 aromatic carbocycles. The molecule has 0 bridgehead atoms. The summed E-state index contributed by atoms with van der Waals surface area (Å²) in [6, 6.07) is 6.10. The fourth-order valence-electron chi connectivity index (χ4n) is 4.03. The Labute approximate surface area is 160 Å². The SMILES string of the molecule is COC(=O)C1C(C)=NC2=C(C(=O)C[C@@H](c3cccs3)C2)[C@H]1c1ccsc1. The van der Waals surface area contributed by atoms with Gasteiger partial charge in [-0.2, -0.15) is 11.3 Å². The van der Waals surface area contributed by atoms with Crippen LogP contribution in [-0.4, -0.2) is 24.6 Å². The van der Waals surface area contributed by atoms with E-state index >= 15 is 0 Å². The van der Waals surface area contributed by atoms with Crippen LogP contribution in [0.5, 0.6) is 0 Å². The first-order chi connectivity index (χ1) is 12.6. The van der Waals surface area contributed by atoms with Gasteiger partial charge in [-0.05, 0) is 47.2 Å². The number of methoxy groups -OCH3 is 1. The highest BCUT2D eigenvalue weighted by Gasteiger charge is 2.44. The molecule has 0 N–H and O–H groups in total. The number of allylic oxidation sites excluding steroid dienone is 2. The molecule has 0 spiro atoms. The summed E-state index contributed by atoms with van der Waals surface area (Å²) < 4.78 is 5.03. The number of esters is 1. The highest BCUT2D eigenvalue weighted by Crippen LogP contribution is 2.47. The molecule has 2 aromatic heterocycles. The van der Waals surface area contributed by atoms with Gasteiger partial charge in [0.25, 0.3) is 0 Å². The Bertz CT molecular complexity index is 894. The molecule has 2 aromatic rings. The number of Topliss-reactive ketones (excluding diaryl/α,β-unsaturated/α-hetero) is 1. The number of hydrogen-bond acceptors (Lipinski definition) is 6. The molecule has 4 nitrogen and oxygen atoms in total. The molecule has 0 saturated carbocycles. The molecule has 4 rings (SSSR count). The molecule has 0 amide bonds. The van der Waals surface area contributed by atoms with E-state index in [-0.39, 0.29) is 23.6 Å². The predicted molar refractivity (Wildman–Crippen MR) is 104 cm³/mol. The second-order valence-corrected chi connectivity index (χ2v) is 8.45. The van der Waals surface area contributed by atoms with E-state index in [1.807, 2.05) is 35.2 Å². The molecule has 26 heavy (non-hydrogen) atoms. The second kappa shape index (κ2) is 6.93. The van der Waals surface area contributed by atoms with Crippen LogP contribution in [0.25, 0.3) is 0 Å². The summed E-state index contributed by atoms with van der Waals surface area (Å²) in [6.07, 6.45) is 1.22. The van der Waals surface area contributed by atoms with Gasteiger partial charge >= 0.3 is 5.97 Å². The van der Waals surface area contributed by atoms with Gasteiger partial charge in [-0.1, -0.05) is 6.07 Å². The molecule has 6 heteroatoms. The van der Waals surface area contributed by atoms with Crippen LogP contribution in [0.3, 0.4) is 0 Å². The van der Waals surface area contributed by atoms with E-state index in [9.17, 15) is 9.59 Å². The van der Waals surface area contributed by atoms with Gasteiger partial charge in [0.2, 0.25) is 0 Å². The molecule has 0 saturated heterocycles. The standard InChI is InChI=1S/C20H19NO3S2/c1-11-17(20(23)24-2)18(12-5-7-25-10-12)19-14(21-11)8-13(9-15(19)22)16-4-3-6-26-16/h3-7,10,13,17-18H,8-9H2,1-2H3/t13-,17?,18-/m0/s1. The number of nitrogens with zero attached hydrogens (tertiary/aromatic N) is 1. The maximum Gasteiger partial charge on any atom is 0.315 e. The third-order valence-corrected chi connectivity index (χ3v) is 6.93. The number of hydrogen-bond donors (Lipinski definition) is 0. The zero-order valence-corrected chi connectivity index (χ0v) is 16.2. The zero-order valence-electron chi connectivity index (χ0n) is 14.6. The molecule has 1 unspecified atom stereocenters. The largest absolute Gasteiger partial charge is 0.468 e. The lowest BCUT2D eigenvalue weighted by Gasteiger charge is -2.35. The van der Waals surface area contributed by atoms with Crippen molar-refractivity contribution in [3.8, 4) is 0 Å². The van der Waals surface area contributed by atoms with Crippen LogP contribution in [0.15, 0.2) is 50.6 Å². The lowest BCUT2D eigenvalue weighted by Crippen LogP contribution is -2.37. The molecular weight excluding hydrogens is 366 g/mol. The summed E-state index contributed by atoms with van der Waals surface area (Å²) in [4.78, 5) is 31.5. The van der Waals surface area contributed by atoms with Crippen LogP contribution < -0.4 is 0 Å². The monoisotopic (exact) mass is 385 g/mol. The van der Waals surface area contributed by atoms with Gasteiger partial charge in [0.1, 0.15) is 5.92 Å². The van der Waals surface area contributed by atoms with Gasteiger partial charge in [0.05, 0.1) is 7.11 Å². The Kier molecular flexibility index (Phi) is 4.63. The van der Waals surface area contributed by atoms with E-state index in [4.69, 9.17) is 9.73 Å². The van der Waals surface area contributed by atoms with Crippen molar-refractivity contribution in [2.75, 3.05) is 7.11 Å². The van der Waals surface area contributed by atoms with Gasteiger partial charge < -0.3 is 4.74 Å². The van der Waals surface area contributed by atoms with E-state index in [1.54, 1.807) is 22.7 Å². The van der Waals surface area contributed by atoms with Gasteiger partial charge in [-0.3, -0.25) is 14.6 Å². The number of carbonyl (C=O) groups excluding carboxylic acids is 2. The van der Waals surface area contributed by atoms with Crippen molar-refractivity contribution in [3.05, 3.63) is 56.1 Å². The summed E-state index contributed by atoms with van der Waals surface area (Å²) >= 11 is 3.25. The molecule has 1 aliphatic carbocycles. The van der Waals surface area contributed by atoms with Crippen molar-refractivity contribution >= 4 is 40.1 Å². The van der Waals surface area contributed by atoms with Crippen LogP contribution in [-0.2, 0) is 14.3 Å². The van der Waals surface area contributed by atoms with Gasteiger partial charge in [-0.25, -0.2) is 0 Å². The highest BCUT2D eigenvalue weighted by molar-refractivity contribution is 7.10. The fourth-order valence-corrected chi connectivity index (χ4v) is 5.56. The Morgan fingerprint density at radius 3 is 2.77 bits per heavy atom. The van der Waals surface area contributed by atoms with Crippen LogP contribution in [0.1, 0.15) is 42.0 Å². The minimum Gasteiger partial charge on any atom is -0.468 e. The van der Waals surface area contributed by atoms with Crippen molar-refractivity contribution in [1.29, 1.82) is 0 Å². The summed E-state index contributed by atoms with van der Waals surface area (Å²) in [5, 5.41) is 6.04. The first-order valence-corrected chi connectivity index (χ1v) is 10.4. The van der Waals surface area contributed by atoms with E-state index < -0.39 is 5.92 Å². The Balaban J connectivity index is 1.80. The normalized spacial score (nSPS) is 25.7. The average molecular weight is 386 g/mol. The number of thiophene rings is 2. The number of ether oxygens (including phenoxy) is 1. The highest BCUT2D eigenvalue weighted by atomic mass is 32.1. The zero-order chi connectivity index (χ0) is 18.3. The third-order valence-electron chi connectivity index (χ3n) is 5.19. The summed E-state index contributed by atoms with van der Waals surface area (Å²) in [5.74, 6) is -0.877. The van der Waals surface area contributed by atoms with Crippen LogP contribution >= 0.6 is 22.7 Å². The molecule has 134 valence electrons. The fraction of sp³-hybridized carbons (Fsp3) is 0.350. The number of carbonyl (C=O) groups is 2. The van der Waals surface area contributed by atoms with Crippen molar-refractivity contribution in [1.82, 2.24) is 0 Å². The predicted octanol–water partition coefficient (Wildman–Crippen LogP) is 4.56. The van der Waals surface area contributed by atoms with Crippen molar-refractivity contribution < 1.29 is 14.3 Å². The van der Waals surface area contributed by atoms with Crippen LogP contribution in [0, 0.1) is 5.92 Å². The van der Waals surface area contributed by atoms with E-state index in [0.717, 1.165) is 23.4 Å². The molecule has 0 radical (unpaired) electrons. The second-order valence-electron chi connectivity index (χ2n) is 6.69. The third kappa shape index (κ3) is 2.87. The topological polar surface area (TPSA) is 55.7 Å². The Morgan fingerprint density at radius 1 is 1.27 bits per heavy atom. The number of aliphatic imine (C=N–C) groups is 1. The van der Waals surface area contributed by atoms with Crippen LogP contribution in [0.4, 0.5) is 0 Å². The van der Waals surface area contributed by atoms with Gasteiger partial charge in [-0.15, -0.1) is 11.3 Å². The van der Waals surface area contributed by atoms with E-state index in [0.29, 0.717) is 12.0 Å². The lowest BCUT2D eigenvalue weighted by molar-refractivity contribution is -0.143. The molecule has 2 aliphatic rings. The minimum absolute atomic E-state index is 0.103. The summed E-state index contributed by atoms with van der Waals surface area (Å²) in [5.41, 5.74) is 3.27. The van der Waals surface area contributed by atoms with Gasteiger partial charge in [0.15, 0.2) is 5.78 Å². The smallest absolute Gasteiger partial charge is 0.315 e. The molecule has 3 atom stereocenters. The number of rotatable bonds is 3. The molecular formula is C20H19NO3S2. The Morgan fingerprint density at radius 2 is 2.12 bits per heavy atom. The quantitative estimate of drug-likeness (QED) is 0.728. The molecule has 0 fully saturated rings. The average Bonchev–Trinajstić information content (AvgIpc) is 3.33. The van der Waals surface area contributed by atoms with E-state index in [2.05, 4.69) is 6.07 Å². The van der Waals surface area contributed by atoms with Crippen molar-refractivity contribution in [2.45, 2.75) is 31.6 Å². The first kappa shape index (κ1) is 17.4. The first-order valence-electron chi connectivity index (χ1n) is 8.55. The molecule has 1 aliphatic heterocycles. The summed E-state index contributed by atoms with van der Waals surface area (Å²) in [7, 11) is 1.39. The van der Waals surface area contributed by atoms with Crippen molar-refractivity contribution in [2.24, 2.45) is 10.9 Å².